The zero-order chi connectivity index (χ0) is 14.8. The van der Waals surface area contributed by atoms with Crippen molar-refractivity contribution >= 4 is 11.9 Å². The summed E-state index contributed by atoms with van der Waals surface area (Å²) in [5, 5.41) is 21.3. The number of amides is 1. The minimum Gasteiger partial charge on any atom is -0.507 e. The molecule has 5 nitrogen and oxygen atoms in total. The molecule has 1 fully saturated rings. The second-order valence-electron chi connectivity index (χ2n) is 5.14. The number of phenolic OH excluding ortho intramolecular Hbond substituents is 1. The maximum absolute atomic E-state index is 12.8. The molecule has 3 N–H and O–H groups in total. The summed E-state index contributed by atoms with van der Waals surface area (Å²) in [6.45, 7) is 0.0119. The Labute approximate surface area is 115 Å². The molecule has 1 aliphatic carbocycles. The number of aliphatic carboxylic acids is 1. The molecule has 20 heavy (non-hydrogen) atoms. The number of phenols is 1. The van der Waals surface area contributed by atoms with Crippen LogP contribution in [0.4, 0.5) is 4.39 Å². The molecule has 1 saturated carbocycles. The molecular weight excluding hydrogens is 265 g/mol. The first kappa shape index (κ1) is 14.3. The number of hydrogen-bond acceptors (Lipinski definition) is 3. The Morgan fingerprint density at radius 2 is 1.95 bits per heavy atom. The largest absolute Gasteiger partial charge is 0.507 e. The van der Waals surface area contributed by atoms with Crippen molar-refractivity contribution < 1.29 is 24.2 Å². The van der Waals surface area contributed by atoms with Crippen molar-refractivity contribution in [3.63, 3.8) is 0 Å². The third-order valence-corrected chi connectivity index (χ3v) is 3.81. The maximum atomic E-state index is 12.8. The normalized spacial score (nSPS) is 16.9. The van der Waals surface area contributed by atoms with Crippen molar-refractivity contribution in [1.82, 2.24) is 5.32 Å². The summed E-state index contributed by atoms with van der Waals surface area (Å²) in [6.07, 6.45) is 2.70. The highest BCUT2D eigenvalue weighted by Crippen LogP contribution is 2.37. The van der Waals surface area contributed by atoms with Crippen LogP contribution in [0.25, 0.3) is 0 Å². The van der Waals surface area contributed by atoms with E-state index >= 15 is 0 Å². The summed E-state index contributed by atoms with van der Waals surface area (Å²) < 4.78 is 12.8. The van der Waals surface area contributed by atoms with Crippen LogP contribution in [-0.4, -0.2) is 28.6 Å². The van der Waals surface area contributed by atoms with Gasteiger partial charge in [-0.1, -0.05) is 12.8 Å². The Morgan fingerprint density at radius 3 is 2.50 bits per heavy atom. The quantitative estimate of drug-likeness (QED) is 0.786. The summed E-state index contributed by atoms with van der Waals surface area (Å²) in [4.78, 5) is 23.2. The van der Waals surface area contributed by atoms with Crippen LogP contribution in [0.2, 0.25) is 0 Å². The highest BCUT2D eigenvalue weighted by atomic mass is 19.1. The molecule has 1 amide bonds. The van der Waals surface area contributed by atoms with Crippen molar-refractivity contribution in [2.75, 3.05) is 6.54 Å². The fraction of sp³-hybridized carbons (Fsp3) is 0.429. The van der Waals surface area contributed by atoms with Crippen LogP contribution in [0, 0.1) is 11.2 Å². The molecule has 0 heterocycles. The summed E-state index contributed by atoms with van der Waals surface area (Å²) >= 11 is 0. The van der Waals surface area contributed by atoms with Gasteiger partial charge in [0.2, 0.25) is 0 Å². The lowest BCUT2D eigenvalue weighted by molar-refractivity contribution is -0.148. The third-order valence-electron chi connectivity index (χ3n) is 3.81. The van der Waals surface area contributed by atoms with Crippen molar-refractivity contribution in [3.05, 3.63) is 29.6 Å². The molecule has 108 valence electrons. The van der Waals surface area contributed by atoms with Crippen LogP contribution in [0.5, 0.6) is 5.75 Å². The van der Waals surface area contributed by atoms with E-state index in [4.69, 9.17) is 0 Å². The van der Waals surface area contributed by atoms with Crippen molar-refractivity contribution in [2.24, 2.45) is 5.41 Å². The highest BCUT2D eigenvalue weighted by Gasteiger charge is 2.41. The lowest BCUT2D eigenvalue weighted by atomic mass is 9.86. The number of aromatic hydroxyl groups is 1. The molecule has 0 saturated heterocycles. The van der Waals surface area contributed by atoms with Gasteiger partial charge in [0.1, 0.15) is 11.6 Å². The number of halogens is 1. The smallest absolute Gasteiger partial charge is 0.311 e. The van der Waals surface area contributed by atoms with E-state index in [-0.39, 0.29) is 12.1 Å². The molecule has 0 aromatic heterocycles. The van der Waals surface area contributed by atoms with Crippen LogP contribution >= 0.6 is 0 Å². The molecule has 0 unspecified atom stereocenters. The number of carboxylic acid groups (broad SMARTS) is 1. The van der Waals surface area contributed by atoms with Crippen molar-refractivity contribution in [3.8, 4) is 5.75 Å². The Balaban J connectivity index is 2.06. The predicted octanol–water partition coefficient (Wildman–Crippen LogP) is 1.91. The van der Waals surface area contributed by atoms with E-state index in [1.165, 1.54) is 6.07 Å². The minimum atomic E-state index is -0.925. The molecule has 1 aromatic rings. The van der Waals surface area contributed by atoms with Crippen LogP contribution in [-0.2, 0) is 4.79 Å². The molecule has 0 bridgehead atoms. The second kappa shape index (κ2) is 5.48. The van der Waals surface area contributed by atoms with Gasteiger partial charge in [0, 0.05) is 12.6 Å². The lowest BCUT2D eigenvalue weighted by Crippen LogP contribution is -2.41. The van der Waals surface area contributed by atoms with Gasteiger partial charge in [-0.3, -0.25) is 9.59 Å². The first-order valence-electron chi connectivity index (χ1n) is 6.45. The van der Waals surface area contributed by atoms with Gasteiger partial charge in [0.05, 0.1) is 11.0 Å². The maximum Gasteiger partial charge on any atom is 0.311 e. The summed E-state index contributed by atoms with van der Waals surface area (Å²) in [5.74, 6) is -2.62. The zero-order valence-corrected chi connectivity index (χ0v) is 10.9. The third kappa shape index (κ3) is 2.74. The Hall–Kier alpha value is -2.11. The number of hydrogen-bond donors (Lipinski definition) is 3. The van der Waals surface area contributed by atoms with Gasteiger partial charge in [-0.2, -0.15) is 0 Å². The molecule has 0 spiro atoms. The van der Waals surface area contributed by atoms with Crippen LogP contribution in [0.15, 0.2) is 18.2 Å². The zero-order valence-electron chi connectivity index (χ0n) is 10.9. The van der Waals surface area contributed by atoms with Crippen molar-refractivity contribution in [2.45, 2.75) is 25.7 Å². The van der Waals surface area contributed by atoms with Crippen LogP contribution < -0.4 is 5.32 Å². The summed E-state index contributed by atoms with van der Waals surface area (Å²) in [7, 11) is 0. The monoisotopic (exact) mass is 281 g/mol. The van der Waals surface area contributed by atoms with Gasteiger partial charge in [-0.15, -0.1) is 0 Å². The number of carboxylic acids is 1. The lowest BCUT2D eigenvalue weighted by Gasteiger charge is -2.24. The second-order valence-corrected chi connectivity index (χ2v) is 5.14. The predicted molar refractivity (Wildman–Crippen MR) is 68.9 cm³/mol. The standard InChI is InChI=1S/C14H16FNO4/c15-9-3-4-10(11(17)7-9)12(18)16-8-14(13(19)20)5-1-2-6-14/h3-4,7,17H,1-2,5-6,8H2,(H,16,18)(H,19,20). The molecule has 0 radical (unpaired) electrons. The molecule has 1 aliphatic rings. The van der Waals surface area contributed by atoms with Gasteiger partial charge in [-0.25, -0.2) is 4.39 Å². The van der Waals surface area contributed by atoms with Crippen LogP contribution in [0.1, 0.15) is 36.0 Å². The fourth-order valence-corrected chi connectivity index (χ4v) is 2.56. The Morgan fingerprint density at radius 1 is 1.30 bits per heavy atom. The van der Waals surface area contributed by atoms with E-state index in [2.05, 4.69) is 5.32 Å². The molecule has 0 atom stereocenters. The first-order chi connectivity index (χ1) is 9.44. The van der Waals surface area contributed by atoms with Gasteiger partial charge < -0.3 is 15.5 Å². The molecule has 1 aromatic carbocycles. The van der Waals surface area contributed by atoms with Gasteiger partial charge >= 0.3 is 5.97 Å². The van der Waals surface area contributed by atoms with E-state index in [1.54, 1.807) is 0 Å². The van der Waals surface area contributed by atoms with E-state index in [0.29, 0.717) is 12.8 Å². The first-order valence-corrected chi connectivity index (χ1v) is 6.45. The highest BCUT2D eigenvalue weighted by molar-refractivity contribution is 5.97. The fourth-order valence-electron chi connectivity index (χ4n) is 2.56. The Bertz CT molecular complexity index is 538. The number of carbonyl (C=O) groups is 2. The number of carbonyl (C=O) groups excluding carboxylic acids is 1. The van der Waals surface area contributed by atoms with Gasteiger partial charge in [0.25, 0.3) is 5.91 Å². The Kier molecular flexibility index (Phi) is 3.92. The van der Waals surface area contributed by atoms with Crippen LogP contribution in [0.3, 0.4) is 0 Å². The molecule has 2 rings (SSSR count). The number of nitrogens with one attached hydrogen (secondary N) is 1. The topological polar surface area (TPSA) is 86.6 Å². The molecule has 6 heteroatoms. The van der Waals surface area contributed by atoms with Gasteiger partial charge in [0.15, 0.2) is 0 Å². The van der Waals surface area contributed by atoms with Crippen molar-refractivity contribution in [1.29, 1.82) is 0 Å². The minimum absolute atomic E-state index is 0.0119. The van der Waals surface area contributed by atoms with E-state index in [0.717, 1.165) is 25.0 Å². The average Bonchev–Trinajstić information content (AvgIpc) is 2.86. The number of benzene rings is 1. The molecular formula is C14H16FNO4. The molecule has 0 aliphatic heterocycles. The summed E-state index contributed by atoms with van der Waals surface area (Å²) in [6, 6.07) is 3.08. The SMILES string of the molecule is O=C(NCC1(C(=O)O)CCCC1)c1ccc(F)cc1O. The van der Waals surface area contributed by atoms with E-state index in [1.807, 2.05) is 0 Å². The van der Waals surface area contributed by atoms with E-state index < -0.39 is 28.9 Å². The summed E-state index contributed by atoms with van der Waals surface area (Å²) in [5.41, 5.74) is -0.990. The van der Waals surface area contributed by atoms with E-state index in [9.17, 15) is 24.2 Å². The van der Waals surface area contributed by atoms with Gasteiger partial charge in [-0.05, 0) is 25.0 Å². The number of rotatable bonds is 4. The average molecular weight is 281 g/mol.